The molecule has 2 aromatic rings. The summed E-state index contributed by atoms with van der Waals surface area (Å²) in [6.45, 7) is 4.19. The van der Waals surface area contributed by atoms with Gasteiger partial charge in [0.05, 0.1) is 10.7 Å². The van der Waals surface area contributed by atoms with E-state index in [-0.39, 0.29) is 5.56 Å². The number of piperidine rings is 1. The lowest BCUT2D eigenvalue weighted by Crippen LogP contribution is -2.35. The fraction of sp³-hybridized carbons (Fsp3) is 0.438. The van der Waals surface area contributed by atoms with Gasteiger partial charge in [-0.25, -0.2) is 9.97 Å². The van der Waals surface area contributed by atoms with Gasteiger partial charge in [-0.15, -0.1) is 11.8 Å². The number of hydrogen-bond donors (Lipinski definition) is 1. The highest BCUT2D eigenvalue weighted by molar-refractivity contribution is 7.98. The Morgan fingerprint density at radius 3 is 2.91 bits per heavy atom. The third-order valence-corrected chi connectivity index (χ3v) is 4.85. The number of rotatable bonds is 4. The number of pyridine rings is 1. The average molecular weight is 316 g/mol. The van der Waals surface area contributed by atoms with Crippen LogP contribution >= 0.6 is 11.8 Å². The van der Waals surface area contributed by atoms with Gasteiger partial charge < -0.3 is 4.90 Å². The zero-order chi connectivity index (χ0) is 15.4. The lowest BCUT2D eigenvalue weighted by Gasteiger charge is -2.30. The van der Waals surface area contributed by atoms with Gasteiger partial charge in [-0.05, 0) is 30.9 Å². The van der Waals surface area contributed by atoms with E-state index in [4.69, 9.17) is 0 Å². The summed E-state index contributed by atoms with van der Waals surface area (Å²) in [6, 6.07) is 7.39. The van der Waals surface area contributed by atoms with Gasteiger partial charge in [-0.2, -0.15) is 0 Å². The minimum atomic E-state index is -0.0831. The van der Waals surface area contributed by atoms with Crippen molar-refractivity contribution in [1.82, 2.24) is 15.0 Å². The molecule has 3 rings (SSSR count). The minimum Gasteiger partial charge on any atom is -0.342 e. The van der Waals surface area contributed by atoms with Crippen LogP contribution in [0.15, 0.2) is 40.3 Å². The highest BCUT2D eigenvalue weighted by Crippen LogP contribution is 2.22. The third-order valence-electron chi connectivity index (χ3n) is 3.87. The first-order valence-corrected chi connectivity index (χ1v) is 8.58. The summed E-state index contributed by atoms with van der Waals surface area (Å²) in [5.41, 5.74) is 0.716. The maximum Gasteiger partial charge on any atom is 0.252 e. The zero-order valence-electron chi connectivity index (χ0n) is 12.7. The van der Waals surface area contributed by atoms with Crippen LogP contribution in [0.4, 0.5) is 5.95 Å². The van der Waals surface area contributed by atoms with Gasteiger partial charge in [-0.1, -0.05) is 13.0 Å². The molecule has 1 aliphatic rings. The molecule has 0 radical (unpaired) electrons. The van der Waals surface area contributed by atoms with Crippen LogP contribution in [0.3, 0.4) is 0 Å². The van der Waals surface area contributed by atoms with Gasteiger partial charge in [-0.3, -0.25) is 9.78 Å². The van der Waals surface area contributed by atoms with Gasteiger partial charge in [0.2, 0.25) is 5.95 Å². The van der Waals surface area contributed by atoms with Gasteiger partial charge in [0, 0.05) is 31.1 Å². The molecule has 22 heavy (non-hydrogen) atoms. The molecule has 2 aromatic heterocycles. The van der Waals surface area contributed by atoms with Gasteiger partial charge in [0.15, 0.2) is 0 Å². The number of aromatic amines is 1. The SMILES string of the molecule is CC1CCN(c2nc(CSc3ccccn3)cc(=O)[nH]2)CC1. The Balaban J connectivity index is 1.71. The molecule has 0 atom stereocenters. The molecule has 0 aliphatic carbocycles. The van der Waals surface area contributed by atoms with Gasteiger partial charge in [0.1, 0.15) is 0 Å². The van der Waals surface area contributed by atoms with E-state index in [9.17, 15) is 4.79 Å². The molecule has 3 heterocycles. The first-order chi connectivity index (χ1) is 10.7. The Kier molecular flexibility index (Phi) is 4.77. The van der Waals surface area contributed by atoms with Crippen molar-refractivity contribution >= 4 is 17.7 Å². The second-order valence-electron chi connectivity index (χ2n) is 5.69. The van der Waals surface area contributed by atoms with Crippen LogP contribution in [0.2, 0.25) is 0 Å². The fourth-order valence-electron chi connectivity index (χ4n) is 2.52. The summed E-state index contributed by atoms with van der Waals surface area (Å²) in [7, 11) is 0. The molecule has 0 amide bonds. The molecule has 1 N–H and O–H groups in total. The second-order valence-corrected chi connectivity index (χ2v) is 6.68. The van der Waals surface area contributed by atoms with Crippen molar-refractivity contribution in [3.05, 3.63) is 46.5 Å². The molecule has 6 heteroatoms. The number of aromatic nitrogens is 3. The molecule has 5 nitrogen and oxygen atoms in total. The van der Waals surface area contributed by atoms with E-state index in [1.165, 1.54) is 0 Å². The van der Waals surface area contributed by atoms with Crippen molar-refractivity contribution in [3.63, 3.8) is 0 Å². The van der Waals surface area contributed by atoms with Crippen molar-refractivity contribution in [2.24, 2.45) is 5.92 Å². The largest absolute Gasteiger partial charge is 0.342 e. The van der Waals surface area contributed by atoms with Gasteiger partial charge in [0.25, 0.3) is 5.56 Å². The normalized spacial score (nSPS) is 16.0. The summed E-state index contributed by atoms with van der Waals surface area (Å²) in [4.78, 5) is 25.8. The highest BCUT2D eigenvalue weighted by Gasteiger charge is 2.18. The second kappa shape index (κ2) is 6.96. The van der Waals surface area contributed by atoms with Crippen LogP contribution < -0.4 is 10.5 Å². The number of thioether (sulfide) groups is 1. The lowest BCUT2D eigenvalue weighted by atomic mass is 10.00. The topological polar surface area (TPSA) is 61.9 Å². The van der Waals surface area contributed by atoms with E-state index in [2.05, 4.69) is 26.8 Å². The van der Waals surface area contributed by atoms with E-state index in [1.54, 1.807) is 24.0 Å². The van der Waals surface area contributed by atoms with Crippen molar-refractivity contribution < 1.29 is 0 Å². The van der Waals surface area contributed by atoms with Crippen LogP contribution in [0.1, 0.15) is 25.5 Å². The Morgan fingerprint density at radius 2 is 2.18 bits per heavy atom. The lowest BCUT2D eigenvalue weighted by molar-refractivity contribution is 0.434. The Bertz CT molecular complexity index is 665. The highest BCUT2D eigenvalue weighted by atomic mass is 32.2. The van der Waals surface area contributed by atoms with Gasteiger partial charge >= 0.3 is 0 Å². The number of nitrogens with one attached hydrogen (secondary N) is 1. The molecule has 0 saturated carbocycles. The summed E-state index contributed by atoms with van der Waals surface area (Å²) in [5.74, 6) is 2.11. The predicted octanol–water partition coefficient (Wildman–Crippen LogP) is 2.69. The van der Waals surface area contributed by atoms with Crippen LogP contribution in [0.5, 0.6) is 0 Å². The maximum atomic E-state index is 11.9. The Morgan fingerprint density at radius 1 is 1.36 bits per heavy atom. The van der Waals surface area contributed by atoms with Crippen LogP contribution in [-0.2, 0) is 5.75 Å². The molecule has 0 unspecified atom stereocenters. The van der Waals surface area contributed by atoms with E-state index in [1.807, 2.05) is 18.2 Å². The van der Waals surface area contributed by atoms with Crippen molar-refractivity contribution in [1.29, 1.82) is 0 Å². The Labute approximate surface area is 134 Å². The molecular formula is C16H20N4OS. The average Bonchev–Trinajstić information content (AvgIpc) is 2.54. The quantitative estimate of drug-likeness (QED) is 0.879. The van der Waals surface area contributed by atoms with E-state index >= 15 is 0 Å². The van der Waals surface area contributed by atoms with E-state index in [0.717, 1.165) is 42.6 Å². The molecular weight excluding hydrogens is 296 g/mol. The standard InChI is InChI=1S/C16H20N4OS/c1-12-5-8-20(9-6-12)16-18-13(10-14(21)19-16)11-22-15-4-2-3-7-17-15/h2-4,7,10,12H,5-6,8-9,11H2,1H3,(H,18,19,21). The maximum absolute atomic E-state index is 11.9. The van der Waals surface area contributed by atoms with E-state index < -0.39 is 0 Å². The summed E-state index contributed by atoms with van der Waals surface area (Å²) >= 11 is 1.59. The number of anilines is 1. The molecule has 0 aromatic carbocycles. The van der Waals surface area contributed by atoms with Crippen LogP contribution in [0.25, 0.3) is 0 Å². The molecule has 1 aliphatic heterocycles. The Hall–Kier alpha value is -1.82. The first kappa shape index (κ1) is 15.1. The fourth-order valence-corrected chi connectivity index (χ4v) is 3.27. The molecule has 116 valence electrons. The smallest absolute Gasteiger partial charge is 0.252 e. The first-order valence-electron chi connectivity index (χ1n) is 7.60. The van der Waals surface area contributed by atoms with E-state index in [0.29, 0.717) is 11.7 Å². The van der Waals surface area contributed by atoms with Crippen molar-refractivity contribution in [3.8, 4) is 0 Å². The summed E-state index contributed by atoms with van der Waals surface area (Å²) in [5, 5.41) is 0.943. The monoisotopic (exact) mass is 316 g/mol. The number of H-pyrrole nitrogens is 1. The third kappa shape index (κ3) is 3.88. The van der Waals surface area contributed by atoms with Crippen LogP contribution in [0, 0.1) is 5.92 Å². The van der Waals surface area contributed by atoms with Crippen LogP contribution in [-0.4, -0.2) is 28.0 Å². The predicted molar refractivity (Wildman–Crippen MR) is 89.3 cm³/mol. The van der Waals surface area contributed by atoms with Crippen molar-refractivity contribution in [2.75, 3.05) is 18.0 Å². The van der Waals surface area contributed by atoms with Crippen molar-refractivity contribution in [2.45, 2.75) is 30.5 Å². The summed E-state index contributed by atoms with van der Waals surface area (Å²) in [6.07, 6.45) is 4.07. The number of hydrogen-bond acceptors (Lipinski definition) is 5. The number of nitrogens with zero attached hydrogens (tertiary/aromatic N) is 3. The minimum absolute atomic E-state index is 0.0831. The molecule has 0 bridgehead atoms. The molecule has 0 spiro atoms. The molecule has 1 saturated heterocycles. The zero-order valence-corrected chi connectivity index (χ0v) is 13.5. The molecule has 1 fully saturated rings. The summed E-state index contributed by atoms with van der Waals surface area (Å²) < 4.78 is 0.